The first-order chi connectivity index (χ1) is 10.2. The second-order valence-electron chi connectivity index (χ2n) is 5.45. The van der Waals surface area contributed by atoms with Gasteiger partial charge >= 0.3 is 5.97 Å². The van der Waals surface area contributed by atoms with Crippen LogP contribution in [0, 0.1) is 6.92 Å². The molecule has 2 aromatic rings. The van der Waals surface area contributed by atoms with E-state index in [2.05, 4.69) is 9.97 Å². The summed E-state index contributed by atoms with van der Waals surface area (Å²) in [5.41, 5.74) is 2.42. The van der Waals surface area contributed by atoms with Gasteiger partial charge in [-0.05, 0) is 32.9 Å². The number of aliphatic carboxylic acids is 1. The zero-order valence-electron chi connectivity index (χ0n) is 12.0. The smallest absolute Gasteiger partial charge is 0.327 e. The van der Waals surface area contributed by atoms with Gasteiger partial charge in [-0.25, -0.2) is 4.98 Å². The number of aromatic nitrogens is 2. The van der Waals surface area contributed by atoms with Gasteiger partial charge < -0.3 is 10.1 Å². The maximum absolute atomic E-state index is 11.7. The maximum Gasteiger partial charge on any atom is 0.327 e. The van der Waals surface area contributed by atoms with Crippen LogP contribution in [-0.4, -0.2) is 39.0 Å². The minimum absolute atomic E-state index is 0.628. The summed E-state index contributed by atoms with van der Waals surface area (Å²) in [5.74, 6) is -0.0975. The number of aromatic amines is 1. The molecule has 1 atom stereocenters. The average Bonchev–Trinajstić information content (AvgIpc) is 3.11. The molecule has 21 heavy (non-hydrogen) atoms. The highest BCUT2D eigenvalue weighted by molar-refractivity contribution is 5.76. The summed E-state index contributed by atoms with van der Waals surface area (Å²) < 4.78 is 0. The first-order valence-electron chi connectivity index (χ1n) is 7.25. The normalized spacial score (nSPS) is 17.0. The molecule has 1 saturated heterocycles. The fourth-order valence-corrected chi connectivity index (χ4v) is 2.92. The van der Waals surface area contributed by atoms with Crippen LogP contribution >= 0.6 is 0 Å². The molecular weight excluding hydrogens is 266 g/mol. The number of nitrogens with one attached hydrogen (secondary N) is 1. The molecule has 0 amide bonds. The Morgan fingerprint density at radius 3 is 2.57 bits per heavy atom. The van der Waals surface area contributed by atoms with E-state index in [1.54, 1.807) is 0 Å². The maximum atomic E-state index is 11.7. The highest BCUT2D eigenvalue weighted by atomic mass is 16.4. The van der Waals surface area contributed by atoms with Crippen LogP contribution in [0.1, 0.15) is 30.3 Å². The molecule has 2 heterocycles. The molecule has 5 heteroatoms. The zero-order valence-corrected chi connectivity index (χ0v) is 12.0. The van der Waals surface area contributed by atoms with E-state index in [1.807, 2.05) is 42.2 Å². The van der Waals surface area contributed by atoms with Gasteiger partial charge in [-0.2, -0.15) is 0 Å². The third kappa shape index (κ3) is 2.69. The molecule has 0 aliphatic carbocycles. The number of aryl methyl sites for hydroxylation is 1. The molecule has 110 valence electrons. The number of carboxylic acids is 1. The van der Waals surface area contributed by atoms with E-state index in [0.29, 0.717) is 5.69 Å². The molecule has 1 aromatic carbocycles. The van der Waals surface area contributed by atoms with Crippen molar-refractivity contribution in [1.29, 1.82) is 0 Å². The van der Waals surface area contributed by atoms with Crippen molar-refractivity contribution in [2.75, 3.05) is 13.1 Å². The number of carboxylic acid groups (broad SMARTS) is 1. The van der Waals surface area contributed by atoms with Crippen LogP contribution in [0.5, 0.6) is 0 Å². The first-order valence-corrected chi connectivity index (χ1v) is 7.25. The van der Waals surface area contributed by atoms with Crippen molar-refractivity contribution < 1.29 is 9.90 Å². The monoisotopic (exact) mass is 285 g/mol. The minimum Gasteiger partial charge on any atom is -0.480 e. The highest BCUT2D eigenvalue weighted by Gasteiger charge is 2.33. The van der Waals surface area contributed by atoms with Crippen molar-refractivity contribution in [2.45, 2.75) is 25.8 Å². The molecule has 0 spiro atoms. The Morgan fingerprint density at radius 1 is 1.29 bits per heavy atom. The summed E-state index contributed by atoms with van der Waals surface area (Å²) in [4.78, 5) is 21.5. The van der Waals surface area contributed by atoms with Gasteiger partial charge in [0.15, 0.2) is 6.04 Å². The standard InChI is InChI=1S/C16H19N3O2/c1-11-13(14(16(20)21)19-9-5-6-10-19)18-15(17-11)12-7-3-2-4-8-12/h2-4,7-8,14H,5-6,9-10H2,1H3,(H,17,18)(H,20,21). The topological polar surface area (TPSA) is 69.2 Å². The SMILES string of the molecule is Cc1[nH]c(-c2ccccc2)nc1C(C(=O)O)N1CCCC1. The summed E-state index contributed by atoms with van der Waals surface area (Å²) >= 11 is 0. The van der Waals surface area contributed by atoms with Gasteiger partial charge in [0.1, 0.15) is 5.82 Å². The first kappa shape index (κ1) is 13.8. The number of H-pyrrole nitrogens is 1. The van der Waals surface area contributed by atoms with Crippen LogP contribution in [0.25, 0.3) is 11.4 Å². The third-order valence-corrected chi connectivity index (χ3v) is 3.97. The molecule has 0 bridgehead atoms. The molecular formula is C16H19N3O2. The minimum atomic E-state index is -0.828. The number of nitrogens with zero attached hydrogens (tertiary/aromatic N) is 2. The zero-order chi connectivity index (χ0) is 14.8. The predicted molar refractivity (Wildman–Crippen MR) is 79.9 cm³/mol. The Bertz CT molecular complexity index is 630. The Labute approximate surface area is 123 Å². The fraction of sp³-hybridized carbons (Fsp3) is 0.375. The second kappa shape index (κ2) is 5.69. The average molecular weight is 285 g/mol. The van der Waals surface area contributed by atoms with Crippen molar-refractivity contribution in [1.82, 2.24) is 14.9 Å². The van der Waals surface area contributed by atoms with Gasteiger partial charge in [-0.15, -0.1) is 0 Å². The van der Waals surface area contributed by atoms with Gasteiger partial charge in [-0.1, -0.05) is 30.3 Å². The van der Waals surface area contributed by atoms with Crippen molar-refractivity contribution in [3.05, 3.63) is 41.7 Å². The molecule has 1 fully saturated rings. The van der Waals surface area contributed by atoms with Crippen molar-refractivity contribution in [3.63, 3.8) is 0 Å². The van der Waals surface area contributed by atoms with Gasteiger partial charge in [0, 0.05) is 11.3 Å². The molecule has 1 aliphatic rings. The summed E-state index contributed by atoms with van der Waals surface area (Å²) in [6.45, 7) is 3.54. The van der Waals surface area contributed by atoms with Crippen LogP contribution in [-0.2, 0) is 4.79 Å². The number of rotatable bonds is 4. The van der Waals surface area contributed by atoms with Crippen molar-refractivity contribution >= 4 is 5.97 Å². The van der Waals surface area contributed by atoms with Gasteiger partial charge in [0.05, 0.1) is 5.69 Å². The quantitative estimate of drug-likeness (QED) is 0.906. The Kier molecular flexibility index (Phi) is 3.75. The summed E-state index contributed by atoms with van der Waals surface area (Å²) in [6.07, 6.45) is 2.11. The van der Waals surface area contributed by atoms with Crippen LogP contribution in [0.2, 0.25) is 0 Å². The summed E-state index contributed by atoms with van der Waals surface area (Å²) in [6, 6.07) is 9.12. The van der Waals surface area contributed by atoms with Crippen LogP contribution < -0.4 is 0 Å². The lowest BCUT2D eigenvalue weighted by atomic mass is 10.1. The molecule has 0 radical (unpaired) electrons. The van der Waals surface area contributed by atoms with E-state index in [0.717, 1.165) is 43.0 Å². The molecule has 1 aliphatic heterocycles. The Balaban J connectivity index is 1.97. The number of benzene rings is 1. The third-order valence-electron chi connectivity index (χ3n) is 3.97. The lowest BCUT2D eigenvalue weighted by molar-refractivity contribution is -0.143. The Morgan fingerprint density at radius 2 is 1.95 bits per heavy atom. The van der Waals surface area contributed by atoms with Crippen LogP contribution in [0.3, 0.4) is 0 Å². The number of imidazole rings is 1. The van der Waals surface area contributed by atoms with E-state index < -0.39 is 12.0 Å². The van der Waals surface area contributed by atoms with Crippen molar-refractivity contribution in [2.24, 2.45) is 0 Å². The lowest BCUT2D eigenvalue weighted by Crippen LogP contribution is -2.32. The van der Waals surface area contributed by atoms with Crippen LogP contribution in [0.15, 0.2) is 30.3 Å². The number of hydrogen-bond donors (Lipinski definition) is 2. The highest BCUT2D eigenvalue weighted by Crippen LogP contribution is 2.28. The molecule has 2 N–H and O–H groups in total. The van der Waals surface area contributed by atoms with E-state index in [9.17, 15) is 9.90 Å². The summed E-state index contributed by atoms with van der Waals surface area (Å²) in [7, 11) is 0. The summed E-state index contributed by atoms with van der Waals surface area (Å²) in [5, 5.41) is 9.60. The Hall–Kier alpha value is -2.14. The van der Waals surface area contributed by atoms with E-state index in [4.69, 9.17) is 0 Å². The molecule has 5 nitrogen and oxygen atoms in total. The molecule has 1 unspecified atom stereocenters. The number of hydrogen-bond acceptors (Lipinski definition) is 3. The van der Waals surface area contributed by atoms with Crippen LogP contribution in [0.4, 0.5) is 0 Å². The molecule has 1 aromatic heterocycles. The van der Waals surface area contributed by atoms with Gasteiger partial charge in [-0.3, -0.25) is 9.69 Å². The van der Waals surface area contributed by atoms with E-state index in [-0.39, 0.29) is 0 Å². The predicted octanol–water partition coefficient (Wildman–Crippen LogP) is 2.61. The van der Waals surface area contributed by atoms with E-state index >= 15 is 0 Å². The van der Waals surface area contributed by atoms with Gasteiger partial charge in [0.25, 0.3) is 0 Å². The number of carbonyl (C=O) groups is 1. The molecule has 3 rings (SSSR count). The molecule has 0 saturated carbocycles. The van der Waals surface area contributed by atoms with Crippen molar-refractivity contribution in [3.8, 4) is 11.4 Å². The second-order valence-corrected chi connectivity index (χ2v) is 5.45. The largest absolute Gasteiger partial charge is 0.480 e. The number of likely N-dealkylation sites (tertiary alicyclic amines) is 1. The van der Waals surface area contributed by atoms with E-state index in [1.165, 1.54) is 0 Å². The van der Waals surface area contributed by atoms with Gasteiger partial charge in [0.2, 0.25) is 0 Å². The lowest BCUT2D eigenvalue weighted by Gasteiger charge is -2.22. The fourth-order valence-electron chi connectivity index (χ4n) is 2.92.